The van der Waals surface area contributed by atoms with Gasteiger partial charge in [-0.2, -0.15) is 0 Å². The summed E-state index contributed by atoms with van der Waals surface area (Å²) in [4.78, 5) is 0. The predicted octanol–water partition coefficient (Wildman–Crippen LogP) is 0.982. The largest absolute Gasteiger partial charge is 0.412 e. The molecule has 1 aliphatic rings. The van der Waals surface area contributed by atoms with Crippen LogP contribution in [0.3, 0.4) is 0 Å². The Kier molecular flexibility index (Phi) is 2.18. The van der Waals surface area contributed by atoms with Gasteiger partial charge >= 0.3 is 0 Å². The molecule has 38 valence electrons. The van der Waals surface area contributed by atoms with E-state index in [1.54, 1.807) is 0 Å². The molecule has 1 fully saturated rings. The van der Waals surface area contributed by atoms with Crippen molar-refractivity contribution < 1.29 is 5.48 Å². The van der Waals surface area contributed by atoms with E-state index in [4.69, 9.17) is 0 Å². The lowest BCUT2D eigenvalue weighted by atomic mass is 9.88. The van der Waals surface area contributed by atoms with E-state index in [9.17, 15) is 0 Å². The number of rotatable bonds is 0. The maximum absolute atomic E-state index is 2.31. The molecule has 0 amide bonds. The Morgan fingerprint density at radius 2 is 1.67 bits per heavy atom. The van der Waals surface area contributed by atoms with Crippen molar-refractivity contribution in [2.45, 2.75) is 26.2 Å². The molecule has 1 rings (SSSR count). The lowest BCUT2D eigenvalue weighted by Crippen LogP contribution is -2.04. The summed E-state index contributed by atoms with van der Waals surface area (Å²) in [6, 6.07) is 0. The highest BCUT2D eigenvalue weighted by Gasteiger charge is 2.09. The third-order valence-electron chi connectivity index (χ3n) is 1.39. The summed E-state index contributed by atoms with van der Waals surface area (Å²) in [5, 5.41) is 0. The molecule has 0 heterocycles. The van der Waals surface area contributed by atoms with Gasteiger partial charge in [-0.15, -0.1) is 0 Å². The minimum absolute atomic E-state index is 0. The highest BCUT2D eigenvalue weighted by molar-refractivity contribution is 4.62. The molecule has 0 radical (unpaired) electrons. The third kappa shape index (κ3) is 0.977. The van der Waals surface area contributed by atoms with Crippen LogP contribution in [-0.4, -0.2) is 5.48 Å². The topological polar surface area (TPSA) is 31.5 Å². The van der Waals surface area contributed by atoms with Gasteiger partial charge in [0.2, 0.25) is 0 Å². The molecule has 0 saturated heterocycles. The fourth-order valence-electron chi connectivity index (χ4n) is 0.612. The van der Waals surface area contributed by atoms with Gasteiger partial charge in [-0.3, -0.25) is 0 Å². The van der Waals surface area contributed by atoms with Crippen molar-refractivity contribution in [1.82, 2.24) is 0 Å². The van der Waals surface area contributed by atoms with Crippen molar-refractivity contribution in [2.75, 3.05) is 0 Å². The van der Waals surface area contributed by atoms with E-state index in [0.717, 1.165) is 5.92 Å². The van der Waals surface area contributed by atoms with E-state index >= 15 is 0 Å². The number of hydrogen-bond donors (Lipinski definition) is 0. The first kappa shape index (κ1) is 5.96. The molecular formula is C5H12O. The second-order valence-electron chi connectivity index (χ2n) is 2.04. The standard InChI is InChI=1S/C5H10.H2O/c1-5-3-2-4-5;/h5H,2-4H2,1H3;1H2. The zero-order chi connectivity index (χ0) is 3.70. The van der Waals surface area contributed by atoms with E-state index in [1.807, 2.05) is 0 Å². The molecule has 0 bridgehead atoms. The molecule has 2 N–H and O–H groups in total. The van der Waals surface area contributed by atoms with Gasteiger partial charge in [0.05, 0.1) is 0 Å². The molecule has 1 aliphatic carbocycles. The van der Waals surface area contributed by atoms with E-state index in [0.29, 0.717) is 0 Å². The Labute approximate surface area is 38.7 Å². The van der Waals surface area contributed by atoms with E-state index in [1.165, 1.54) is 19.3 Å². The summed E-state index contributed by atoms with van der Waals surface area (Å²) in [6.45, 7) is 2.31. The van der Waals surface area contributed by atoms with Gasteiger partial charge < -0.3 is 5.48 Å². The fraction of sp³-hybridized carbons (Fsp3) is 1.00. The smallest absolute Gasteiger partial charge is 0.0443 e. The first-order chi connectivity index (χ1) is 2.39. The van der Waals surface area contributed by atoms with Gasteiger partial charge in [-0.05, 0) is 5.92 Å². The van der Waals surface area contributed by atoms with Crippen molar-refractivity contribution in [3.8, 4) is 0 Å². The van der Waals surface area contributed by atoms with E-state index in [2.05, 4.69) is 6.92 Å². The van der Waals surface area contributed by atoms with Crippen molar-refractivity contribution >= 4 is 0 Å². The van der Waals surface area contributed by atoms with Crippen LogP contribution in [0.5, 0.6) is 0 Å². The maximum Gasteiger partial charge on any atom is -0.0443 e. The summed E-state index contributed by atoms with van der Waals surface area (Å²) in [5.74, 6) is 1.06. The van der Waals surface area contributed by atoms with Crippen LogP contribution in [0.2, 0.25) is 0 Å². The Bertz CT molecular complexity index is 30.9. The molecule has 1 nitrogen and oxygen atoms in total. The molecule has 1 heteroatoms. The fourth-order valence-corrected chi connectivity index (χ4v) is 0.612. The molecular weight excluding hydrogens is 76.1 g/mol. The van der Waals surface area contributed by atoms with Crippen LogP contribution in [0.25, 0.3) is 0 Å². The Morgan fingerprint density at radius 1 is 1.33 bits per heavy atom. The molecule has 1 saturated carbocycles. The van der Waals surface area contributed by atoms with Crippen LogP contribution in [0, 0.1) is 5.92 Å². The summed E-state index contributed by atoms with van der Waals surface area (Å²) in [5.41, 5.74) is 0. The van der Waals surface area contributed by atoms with Gasteiger partial charge in [-0.25, -0.2) is 0 Å². The zero-order valence-electron chi connectivity index (χ0n) is 4.20. The molecule has 0 aromatic carbocycles. The van der Waals surface area contributed by atoms with Crippen molar-refractivity contribution in [3.05, 3.63) is 0 Å². The van der Waals surface area contributed by atoms with Crippen molar-refractivity contribution in [2.24, 2.45) is 5.92 Å². The Balaban J connectivity index is 0.000000250. The average Bonchev–Trinajstić information content (AvgIpc) is 1.30. The van der Waals surface area contributed by atoms with Crippen LogP contribution in [0.15, 0.2) is 0 Å². The summed E-state index contributed by atoms with van der Waals surface area (Å²) >= 11 is 0. The minimum Gasteiger partial charge on any atom is -0.412 e. The predicted molar refractivity (Wildman–Crippen MR) is 26.6 cm³/mol. The third-order valence-corrected chi connectivity index (χ3v) is 1.39. The lowest BCUT2D eigenvalue weighted by molar-refractivity contribution is 0.346. The first-order valence-corrected chi connectivity index (χ1v) is 2.39. The number of hydrogen-bond acceptors (Lipinski definition) is 0. The molecule has 6 heavy (non-hydrogen) atoms. The van der Waals surface area contributed by atoms with Crippen LogP contribution in [0.4, 0.5) is 0 Å². The van der Waals surface area contributed by atoms with E-state index < -0.39 is 0 Å². The highest BCUT2D eigenvalue weighted by atomic mass is 16.0. The molecule has 0 aromatic heterocycles. The lowest BCUT2D eigenvalue weighted by Gasteiger charge is -2.18. The average molecular weight is 88.2 g/mol. The van der Waals surface area contributed by atoms with Gasteiger partial charge in [0.15, 0.2) is 0 Å². The first-order valence-electron chi connectivity index (χ1n) is 2.39. The Hall–Kier alpha value is -0.0400. The summed E-state index contributed by atoms with van der Waals surface area (Å²) < 4.78 is 0. The molecule has 0 spiro atoms. The van der Waals surface area contributed by atoms with Crippen LogP contribution in [0.1, 0.15) is 26.2 Å². The summed E-state index contributed by atoms with van der Waals surface area (Å²) in [6.07, 6.45) is 4.46. The minimum atomic E-state index is 0. The van der Waals surface area contributed by atoms with Crippen molar-refractivity contribution in [3.63, 3.8) is 0 Å². The monoisotopic (exact) mass is 88.1 g/mol. The van der Waals surface area contributed by atoms with Gasteiger partial charge in [0.25, 0.3) is 0 Å². The SMILES string of the molecule is CC1CCC1.O. The van der Waals surface area contributed by atoms with Crippen LogP contribution < -0.4 is 0 Å². The molecule has 0 aromatic rings. The molecule has 0 unspecified atom stereocenters. The quantitative estimate of drug-likeness (QED) is 0.423. The van der Waals surface area contributed by atoms with Gasteiger partial charge in [0.1, 0.15) is 0 Å². The van der Waals surface area contributed by atoms with Gasteiger partial charge in [-0.1, -0.05) is 26.2 Å². The van der Waals surface area contributed by atoms with Crippen molar-refractivity contribution in [1.29, 1.82) is 0 Å². The van der Waals surface area contributed by atoms with Crippen LogP contribution in [-0.2, 0) is 0 Å². The second-order valence-corrected chi connectivity index (χ2v) is 2.04. The zero-order valence-corrected chi connectivity index (χ0v) is 4.20. The van der Waals surface area contributed by atoms with Crippen LogP contribution >= 0.6 is 0 Å². The highest BCUT2D eigenvalue weighted by Crippen LogP contribution is 2.24. The molecule has 0 atom stereocenters. The normalized spacial score (nSPS) is 21.5. The Morgan fingerprint density at radius 3 is 1.67 bits per heavy atom. The summed E-state index contributed by atoms with van der Waals surface area (Å²) in [7, 11) is 0. The van der Waals surface area contributed by atoms with E-state index in [-0.39, 0.29) is 5.48 Å². The second kappa shape index (κ2) is 2.19. The molecule has 0 aliphatic heterocycles. The van der Waals surface area contributed by atoms with Gasteiger partial charge in [0, 0.05) is 0 Å². The maximum atomic E-state index is 2.31.